The standard InChI is InChI=1S/C15H16N2O2S/c18-13-5-3-12(4-6-13)16-7-9-17(10-8-16)15(19)14-2-1-11-20-14/h1-6,11,18H,7-10H2. The maximum atomic E-state index is 12.2. The van der Waals surface area contributed by atoms with Gasteiger partial charge in [0.15, 0.2) is 0 Å². The van der Waals surface area contributed by atoms with Gasteiger partial charge in [-0.2, -0.15) is 0 Å². The number of hydrogen-bond donors (Lipinski definition) is 1. The van der Waals surface area contributed by atoms with Crippen molar-refractivity contribution < 1.29 is 9.90 Å². The number of piperazine rings is 1. The number of phenols is 1. The molecule has 1 aromatic carbocycles. The van der Waals surface area contributed by atoms with Crippen molar-refractivity contribution in [3.63, 3.8) is 0 Å². The molecule has 1 aromatic heterocycles. The number of phenolic OH excluding ortho intramolecular Hbond substituents is 1. The van der Waals surface area contributed by atoms with Gasteiger partial charge in [-0.05, 0) is 35.7 Å². The summed E-state index contributed by atoms with van der Waals surface area (Å²) in [4.78, 5) is 17.2. The van der Waals surface area contributed by atoms with Crippen LogP contribution in [0.4, 0.5) is 5.69 Å². The molecule has 104 valence electrons. The molecule has 0 saturated carbocycles. The molecule has 0 unspecified atom stereocenters. The molecule has 5 heteroatoms. The number of thiophene rings is 1. The van der Waals surface area contributed by atoms with Crippen molar-refractivity contribution in [3.05, 3.63) is 46.7 Å². The summed E-state index contributed by atoms with van der Waals surface area (Å²) in [5.74, 6) is 0.408. The predicted molar refractivity (Wildman–Crippen MR) is 80.5 cm³/mol. The fourth-order valence-corrected chi connectivity index (χ4v) is 3.08. The Bertz CT molecular complexity index is 572. The van der Waals surface area contributed by atoms with Gasteiger partial charge in [-0.3, -0.25) is 4.79 Å². The number of amides is 1. The van der Waals surface area contributed by atoms with E-state index in [1.165, 1.54) is 11.3 Å². The molecule has 4 nitrogen and oxygen atoms in total. The molecule has 2 heterocycles. The fourth-order valence-electron chi connectivity index (χ4n) is 2.39. The molecule has 1 saturated heterocycles. The van der Waals surface area contributed by atoms with E-state index in [1.807, 2.05) is 34.5 Å². The Labute approximate surface area is 121 Å². The fraction of sp³-hybridized carbons (Fsp3) is 0.267. The number of nitrogens with zero attached hydrogens (tertiary/aromatic N) is 2. The second-order valence-electron chi connectivity index (χ2n) is 4.77. The van der Waals surface area contributed by atoms with Crippen LogP contribution in [0.5, 0.6) is 5.75 Å². The molecule has 1 amide bonds. The highest BCUT2D eigenvalue weighted by Crippen LogP contribution is 2.21. The molecule has 0 spiro atoms. The van der Waals surface area contributed by atoms with Gasteiger partial charge in [-0.25, -0.2) is 0 Å². The van der Waals surface area contributed by atoms with Crippen molar-refractivity contribution in [2.24, 2.45) is 0 Å². The highest BCUT2D eigenvalue weighted by Gasteiger charge is 2.22. The van der Waals surface area contributed by atoms with Gasteiger partial charge in [0.1, 0.15) is 5.75 Å². The molecule has 3 rings (SSSR count). The summed E-state index contributed by atoms with van der Waals surface area (Å²) in [5, 5.41) is 11.2. The van der Waals surface area contributed by atoms with E-state index in [1.54, 1.807) is 12.1 Å². The van der Waals surface area contributed by atoms with Crippen LogP contribution >= 0.6 is 11.3 Å². The van der Waals surface area contributed by atoms with Crippen LogP contribution in [0.3, 0.4) is 0 Å². The van der Waals surface area contributed by atoms with Crippen molar-refractivity contribution in [1.29, 1.82) is 0 Å². The molecule has 0 aliphatic carbocycles. The van der Waals surface area contributed by atoms with E-state index in [4.69, 9.17) is 0 Å². The van der Waals surface area contributed by atoms with E-state index in [0.717, 1.165) is 36.7 Å². The minimum absolute atomic E-state index is 0.130. The Balaban J connectivity index is 1.62. The first-order chi connectivity index (χ1) is 9.74. The van der Waals surface area contributed by atoms with Crippen LogP contribution in [-0.4, -0.2) is 42.1 Å². The second kappa shape index (κ2) is 5.54. The number of aromatic hydroxyl groups is 1. The first kappa shape index (κ1) is 13.0. The third-order valence-electron chi connectivity index (χ3n) is 3.51. The van der Waals surface area contributed by atoms with Crippen LogP contribution < -0.4 is 4.90 Å². The zero-order chi connectivity index (χ0) is 13.9. The minimum atomic E-state index is 0.130. The predicted octanol–water partition coefficient (Wildman–Crippen LogP) is 2.42. The molecule has 1 aliphatic heterocycles. The van der Waals surface area contributed by atoms with Gasteiger partial charge in [-0.1, -0.05) is 6.07 Å². The topological polar surface area (TPSA) is 43.8 Å². The monoisotopic (exact) mass is 288 g/mol. The average molecular weight is 288 g/mol. The van der Waals surface area contributed by atoms with E-state index < -0.39 is 0 Å². The van der Waals surface area contributed by atoms with Gasteiger partial charge in [0.05, 0.1) is 4.88 Å². The van der Waals surface area contributed by atoms with Gasteiger partial charge in [0, 0.05) is 31.9 Å². The third-order valence-corrected chi connectivity index (χ3v) is 4.37. The van der Waals surface area contributed by atoms with Crippen LogP contribution in [0.2, 0.25) is 0 Å². The molecule has 0 radical (unpaired) electrons. The van der Waals surface area contributed by atoms with E-state index in [9.17, 15) is 9.90 Å². The maximum Gasteiger partial charge on any atom is 0.264 e. The normalized spacial score (nSPS) is 15.4. The number of carbonyl (C=O) groups is 1. The minimum Gasteiger partial charge on any atom is -0.508 e. The molecule has 20 heavy (non-hydrogen) atoms. The second-order valence-corrected chi connectivity index (χ2v) is 5.72. The summed E-state index contributed by atoms with van der Waals surface area (Å²) in [6.45, 7) is 3.11. The lowest BCUT2D eigenvalue weighted by molar-refractivity contribution is 0.0751. The molecular formula is C15H16N2O2S. The number of anilines is 1. The van der Waals surface area contributed by atoms with E-state index >= 15 is 0 Å². The zero-order valence-electron chi connectivity index (χ0n) is 11.0. The quantitative estimate of drug-likeness (QED) is 0.923. The highest BCUT2D eigenvalue weighted by atomic mass is 32.1. The van der Waals surface area contributed by atoms with Crippen molar-refractivity contribution in [2.45, 2.75) is 0 Å². The summed E-state index contributed by atoms with van der Waals surface area (Å²) in [6.07, 6.45) is 0. The lowest BCUT2D eigenvalue weighted by atomic mass is 10.2. The number of carbonyl (C=O) groups excluding carboxylic acids is 1. The smallest absolute Gasteiger partial charge is 0.264 e. The summed E-state index contributed by atoms with van der Waals surface area (Å²) in [6, 6.07) is 11.0. The highest BCUT2D eigenvalue weighted by molar-refractivity contribution is 7.12. The Morgan fingerprint density at radius 1 is 1.05 bits per heavy atom. The Kier molecular flexibility index (Phi) is 3.60. The summed E-state index contributed by atoms with van der Waals surface area (Å²) in [5.41, 5.74) is 1.09. The van der Waals surface area contributed by atoms with E-state index in [-0.39, 0.29) is 11.7 Å². The molecular weight excluding hydrogens is 272 g/mol. The third kappa shape index (κ3) is 2.63. The largest absolute Gasteiger partial charge is 0.508 e. The van der Waals surface area contributed by atoms with Crippen LogP contribution in [0.25, 0.3) is 0 Å². The zero-order valence-corrected chi connectivity index (χ0v) is 11.8. The number of benzene rings is 1. The summed E-state index contributed by atoms with van der Waals surface area (Å²) in [7, 11) is 0. The van der Waals surface area contributed by atoms with Gasteiger partial charge in [0.25, 0.3) is 5.91 Å². The maximum absolute atomic E-state index is 12.2. The van der Waals surface area contributed by atoms with Crippen molar-refractivity contribution in [1.82, 2.24) is 4.90 Å². The molecule has 1 fully saturated rings. The average Bonchev–Trinajstić information content (AvgIpc) is 3.02. The molecule has 0 bridgehead atoms. The summed E-state index contributed by atoms with van der Waals surface area (Å²) >= 11 is 1.49. The molecule has 1 N–H and O–H groups in total. The van der Waals surface area contributed by atoms with Gasteiger partial charge in [-0.15, -0.1) is 11.3 Å². The number of hydrogen-bond acceptors (Lipinski definition) is 4. The van der Waals surface area contributed by atoms with Gasteiger partial charge in [0.2, 0.25) is 0 Å². The molecule has 1 aliphatic rings. The Morgan fingerprint density at radius 3 is 2.35 bits per heavy atom. The Morgan fingerprint density at radius 2 is 1.75 bits per heavy atom. The first-order valence-corrected chi connectivity index (χ1v) is 7.49. The van der Waals surface area contributed by atoms with Gasteiger partial charge >= 0.3 is 0 Å². The molecule has 0 atom stereocenters. The van der Waals surface area contributed by atoms with Crippen LogP contribution in [0.15, 0.2) is 41.8 Å². The van der Waals surface area contributed by atoms with Gasteiger partial charge < -0.3 is 14.9 Å². The number of rotatable bonds is 2. The van der Waals surface area contributed by atoms with Crippen LogP contribution in [0, 0.1) is 0 Å². The van der Waals surface area contributed by atoms with E-state index in [0.29, 0.717) is 0 Å². The summed E-state index contributed by atoms with van der Waals surface area (Å²) < 4.78 is 0. The lowest BCUT2D eigenvalue weighted by Gasteiger charge is -2.36. The van der Waals surface area contributed by atoms with E-state index in [2.05, 4.69) is 4.90 Å². The van der Waals surface area contributed by atoms with Crippen molar-refractivity contribution in [3.8, 4) is 5.75 Å². The first-order valence-electron chi connectivity index (χ1n) is 6.61. The molecule has 2 aromatic rings. The van der Waals surface area contributed by atoms with Crippen molar-refractivity contribution in [2.75, 3.05) is 31.1 Å². The van der Waals surface area contributed by atoms with Crippen LogP contribution in [0.1, 0.15) is 9.67 Å². The Hall–Kier alpha value is -2.01. The van der Waals surface area contributed by atoms with Crippen LogP contribution in [-0.2, 0) is 0 Å². The lowest BCUT2D eigenvalue weighted by Crippen LogP contribution is -2.48. The van der Waals surface area contributed by atoms with Crippen molar-refractivity contribution >= 4 is 22.9 Å². The SMILES string of the molecule is O=C(c1cccs1)N1CCN(c2ccc(O)cc2)CC1.